The van der Waals surface area contributed by atoms with E-state index < -0.39 is 0 Å². The molecule has 0 unspecified atom stereocenters. The van der Waals surface area contributed by atoms with Crippen LogP contribution in [0.5, 0.6) is 0 Å². The van der Waals surface area contributed by atoms with Gasteiger partial charge in [-0.1, -0.05) is 66.1 Å². The van der Waals surface area contributed by atoms with Crippen molar-refractivity contribution in [2.45, 2.75) is 125 Å². The van der Waals surface area contributed by atoms with Crippen molar-refractivity contribution in [2.24, 2.45) is 56.2 Å². The summed E-state index contributed by atoms with van der Waals surface area (Å²) in [5, 5.41) is 23.0. The van der Waals surface area contributed by atoms with Crippen LogP contribution in [0.15, 0.2) is 11.6 Å². The Balaban J connectivity index is 1.58. The van der Waals surface area contributed by atoms with Crippen LogP contribution >= 0.6 is 11.6 Å². The molecule has 2 N–H and O–H groups in total. The first-order valence-corrected chi connectivity index (χ1v) is 14.7. The van der Waals surface area contributed by atoms with Crippen LogP contribution in [0.3, 0.4) is 0 Å². The average molecular weight is 491 g/mol. The van der Waals surface area contributed by atoms with Gasteiger partial charge < -0.3 is 10.2 Å². The quantitative estimate of drug-likeness (QED) is 0.391. The molecule has 5 fully saturated rings. The van der Waals surface area contributed by atoms with Crippen LogP contribution < -0.4 is 0 Å². The predicted molar refractivity (Wildman–Crippen MR) is 141 cm³/mol. The molecule has 194 valence electrons. The fourth-order valence-corrected chi connectivity index (χ4v) is 11.7. The van der Waals surface area contributed by atoms with Crippen molar-refractivity contribution in [3.05, 3.63) is 11.6 Å². The van der Waals surface area contributed by atoms with E-state index in [1.54, 1.807) is 5.54 Å². The van der Waals surface area contributed by atoms with Gasteiger partial charge in [0.15, 0.2) is 0 Å². The molecule has 0 aromatic carbocycles. The van der Waals surface area contributed by atoms with E-state index in [0.717, 1.165) is 19.3 Å². The highest BCUT2D eigenvalue weighted by Gasteiger charge is 2.71. The third kappa shape index (κ3) is 3.19. The molecule has 0 saturated heterocycles. The van der Waals surface area contributed by atoms with Crippen molar-refractivity contribution in [3.8, 4) is 0 Å². The Bertz CT molecular complexity index is 848. The van der Waals surface area contributed by atoms with Gasteiger partial charge in [-0.15, -0.1) is 0 Å². The molecule has 10 atom stereocenters. The van der Waals surface area contributed by atoms with Gasteiger partial charge >= 0.3 is 0 Å². The molecule has 5 saturated carbocycles. The van der Waals surface area contributed by atoms with Crippen LogP contribution in [0.2, 0.25) is 0 Å². The Labute approximate surface area is 214 Å². The summed E-state index contributed by atoms with van der Waals surface area (Å²) in [6.07, 6.45) is 13.4. The van der Waals surface area contributed by atoms with Crippen molar-refractivity contribution in [1.82, 2.24) is 0 Å². The van der Waals surface area contributed by atoms with Gasteiger partial charge in [-0.3, -0.25) is 0 Å². The highest BCUT2D eigenvalue weighted by molar-refractivity contribution is 6.25. The summed E-state index contributed by atoms with van der Waals surface area (Å²) in [6.45, 7) is 17.2. The highest BCUT2D eigenvalue weighted by atomic mass is 35.5. The van der Waals surface area contributed by atoms with Gasteiger partial charge in [0.25, 0.3) is 0 Å². The number of fused-ring (bicyclic) bond motifs is 7. The Hall–Kier alpha value is -0.0500. The van der Waals surface area contributed by atoms with Crippen LogP contribution in [-0.4, -0.2) is 22.4 Å². The monoisotopic (exact) mass is 490 g/mol. The number of hydrogen-bond acceptors (Lipinski definition) is 2. The molecule has 3 heteroatoms. The zero-order chi connectivity index (χ0) is 24.9. The number of aliphatic hydroxyl groups is 2. The van der Waals surface area contributed by atoms with Crippen LogP contribution in [-0.2, 0) is 0 Å². The van der Waals surface area contributed by atoms with Gasteiger partial charge in [0.1, 0.15) is 0 Å². The first-order valence-electron chi connectivity index (χ1n) is 14.3. The molecule has 0 aromatic heterocycles. The largest absolute Gasteiger partial charge is 0.393 e. The van der Waals surface area contributed by atoms with Crippen molar-refractivity contribution in [3.63, 3.8) is 0 Å². The number of aliphatic hydroxyl groups excluding tert-OH is 2. The molecule has 0 heterocycles. The third-order valence-electron chi connectivity index (χ3n) is 13.7. The predicted octanol–water partition coefficient (Wildman–Crippen LogP) is 7.95. The molecule has 5 aliphatic rings. The van der Waals surface area contributed by atoms with Gasteiger partial charge in [0.2, 0.25) is 0 Å². The first kappa shape index (κ1) is 25.6. The molecular formula is C31H51ClO2. The molecule has 34 heavy (non-hydrogen) atoms. The fourth-order valence-electron chi connectivity index (χ4n) is 11.5. The van der Waals surface area contributed by atoms with E-state index in [2.05, 4.69) is 54.5 Å². The van der Waals surface area contributed by atoms with Gasteiger partial charge in [-0.2, -0.15) is 0 Å². The van der Waals surface area contributed by atoms with Crippen molar-refractivity contribution < 1.29 is 10.2 Å². The lowest BCUT2D eigenvalue weighted by Crippen LogP contribution is -2.69. The van der Waals surface area contributed by atoms with Crippen LogP contribution in [0.25, 0.3) is 0 Å². The topological polar surface area (TPSA) is 40.5 Å². The molecule has 0 aromatic rings. The van der Waals surface area contributed by atoms with Crippen molar-refractivity contribution in [1.29, 1.82) is 0 Å². The second-order valence-corrected chi connectivity index (χ2v) is 15.9. The summed E-state index contributed by atoms with van der Waals surface area (Å²) >= 11 is 6.27. The molecule has 0 amide bonds. The molecule has 2 nitrogen and oxygen atoms in total. The molecule has 0 radical (unpaired) electrons. The summed E-state index contributed by atoms with van der Waals surface area (Å²) in [6, 6.07) is 0. The zero-order valence-electron chi connectivity index (χ0n) is 23.0. The van der Waals surface area contributed by atoms with E-state index in [-0.39, 0.29) is 39.3 Å². The van der Waals surface area contributed by atoms with Crippen molar-refractivity contribution >= 4 is 11.6 Å². The Kier molecular flexibility index (Phi) is 5.82. The SMILES string of the molecule is CC1(C)CC[C@]2(C=CCl)CC[C@]3(C)[C@H]([C@H](O)C[C@@H]4[C@@]5(C)CC[C@H](O)C(C)(C)[C@@H]5CC[C@]43C)[C@@H]2C1. The summed E-state index contributed by atoms with van der Waals surface area (Å²) in [5.41, 5.74) is 2.80. The van der Waals surface area contributed by atoms with E-state index in [4.69, 9.17) is 11.6 Å². The maximum Gasteiger partial charge on any atom is 0.0594 e. The molecule has 0 aliphatic heterocycles. The second-order valence-electron chi connectivity index (χ2n) is 15.7. The van der Waals surface area contributed by atoms with Gasteiger partial charge in [0, 0.05) is 5.54 Å². The normalized spacial score (nSPS) is 56.2. The summed E-state index contributed by atoms with van der Waals surface area (Å²) in [5.74, 6) is 1.91. The smallest absolute Gasteiger partial charge is 0.0594 e. The molecular weight excluding hydrogens is 440 g/mol. The van der Waals surface area contributed by atoms with E-state index in [1.807, 2.05) is 0 Å². The fraction of sp³-hybridized carbons (Fsp3) is 0.935. The van der Waals surface area contributed by atoms with Crippen LogP contribution in [0.1, 0.15) is 113 Å². The number of halogens is 1. The third-order valence-corrected chi connectivity index (χ3v) is 13.8. The Morgan fingerprint density at radius 2 is 1.44 bits per heavy atom. The Morgan fingerprint density at radius 3 is 2.12 bits per heavy atom. The van der Waals surface area contributed by atoms with E-state index in [1.165, 1.54) is 44.9 Å². The summed E-state index contributed by atoms with van der Waals surface area (Å²) in [7, 11) is 0. The Morgan fingerprint density at radius 1 is 0.765 bits per heavy atom. The molecule has 0 spiro atoms. The zero-order valence-corrected chi connectivity index (χ0v) is 23.7. The van der Waals surface area contributed by atoms with Gasteiger partial charge in [-0.05, 0) is 120 Å². The summed E-state index contributed by atoms with van der Waals surface area (Å²) < 4.78 is 0. The number of rotatable bonds is 1. The van der Waals surface area contributed by atoms with Crippen molar-refractivity contribution in [2.75, 3.05) is 0 Å². The van der Waals surface area contributed by atoms with E-state index in [9.17, 15) is 10.2 Å². The maximum atomic E-state index is 12.1. The van der Waals surface area contributed by atoms with Crippen LogP contribution in [0.4, 0.5) is 0 Å². The minimum Gasteiger partial charge on any atom is -0.393 e. The minimum absolute atomic E-state index is 0.0444. The average Bonchev–Trinajstić information content (AvgIpc) is 2.74. The lowest BCUT2D eigenvalue weighted by molar-refractivity contribution is -0.274. The van der Waals surface area contributed by atoms with Crippen LogP contribution in [0, 0.1) is 56.2 Å². The molecule has 5 rings (SSSR count). The highest BCUT2D eigenvalue weighted by Crippen LogP contribution is 2.77. The van der Waals surface area contributed by atoms with Gasteiger partial charge in [0.05, 0.1) is 12.2 Å². The molecule has 0 bridgehead atoms. The number of hydrogen-bond donors (Lipinski definition) is 2. The lowest BCUT2D eigenvalue weighted by atomic mass is 9.31. The van der Waals surface area contributed by atoms with E-state index >= 15 is 0 Å². The summed E-state index contributed by atoms with van der Waals surface area (Å²) in [4.78, 5) is 0. The first-order chi connectivity index (χ1) is 15.7. The molecule has 5 aliphatic carbocycles. The van der Waals surface area contributed by atoms with Gasteiger partial charge in [-0.25, -0.2) is 0 Å². The lowest BCUT2D eigenvalue weighted by Gasteiger charge is -2.74. The maximum absolute atomic E-state index is 12.1. The standard InChI is InChI=1S/C31H51ClO2/c1-26(2)12-14-31(16-17-32)15-13-30(7)25(20(31)19-26)21(33)18-23-28(5)10-9-24(34)27(3,4)22(28)8-11-29(23,30)6/h16-17,20-25,33-34H,8-15,18-19H2,1-7H3/t20-,21+,22-,23+,24-,25-,28-,29+,30+,31+/m0/s1. The second kappa shape index (κ2) is 7.73. The number of allylic oxidation sites excluding steroid dienone is 1. The minimum atomic E-state index is -0.240. The van der Waals surface area contributed by atoms with E-state index in [0.29, 0.717) is 29.1 Å².